The first-order chi connectivity index (χ1) is 26.8. The van der Waals surface area contributed by atoms with E-state index in [-0.39, 0.29) is 40.5 Å². The molecule has 2 aromatic rings. The molecule has 1 amide bonds. The SMILES string of the molecule is Cc1ncnc(C)c1C(=O)N1CCC(C)(N2CCN([C@H](c3cccc(F)c3)C3CCN(S(=O)(=O)C4CC4)CC3)[C@H](C)C2)CC1.O=C(O)CC(O)(CC(=O)O)C(=O)O. The third-order valence-corrected chi connectivity index (χ3v) is 14.5. The maximum atomic E-state index is 14.5. The summed E-state index contributed by atoms with van der Waals surface area (Å²) >= 11 is 0. The van der Waals surface area contributed by atoms with Gasteiger partial charge in [-0.15, -0.1) is 0 Å². The monoisotopic (exact) mass is 818 g/mol. The summed E-state index contributed by atoms with van der Waals surface area (Å²) in [6.07, 6.45) is 4.16. The van der Waals surface area contributed by atoms with Crippen molar-refractivity contribution in [3.8, 4) is 0 Å². The van der Waals surface area contributed by atoms with Crippen LogP contribution in [0.25, 0.3) is 0 Å². The van der Waals surface area contributed by atoms with Crippen LogP contribution in [0.1, 0.15) is 98.6 Å². The van der Waals surface area contributed by atoms with E-state index in [0.29, 0.717) is 31.7 Å². The topological polar surface area (TPSA) is 222 Å². The van der Waals surface area contributed by atoms with Gasteiger partial charge in [0.1, 0.15) is 12.1 Å². The first-order valence-corrected chi connectivity index (χ1v) is 21.0. The fourth-order valence-corrected chi connectivity index (χ4v) is 10.5. The number of aliphatic carboxylic acids is 3. The molecule has 314 valence electrons. The van der Waals surface area contributed by atoms with Crippen molar-refractivity contribution in [1.82, 2.24) is 29.0 Å². The average Bonchev–Trinajstić information content (AvgIpc) is 3.99. The molecule has 16 nitrogen and oxygen atoms in total. The number of aliphatic hydroxyl groups is 1. The highest BCUT2D eigenvalue weighted by Crippen LogP contribution is 2.41. The number of amides is 1. The predicted octanol–water partition coefficient (Wildman–Crippen LogP) is 2.93. The molecular weight excluding hydrogens is 764 g/mol. The number of piperidine rings is 2. The zero-order valence-corrected chi connectivity index (χ0v) is 33.8. The highest BCUT2D eigenvalue weighted by Gasteiger charge is 2.46. The lowest BCUT2D eigenvalue weighted by atomic mass is 9.82. The number of carboxylic acid groups (broad SMARTS) is 3. The third kappa shape index (κ3) is 10.3. The molecule has 3 saturated heterocycles. The second-order valence-corrected chi connectivity index (χ2v) is 18.4. The zero-order valence-electron chi connectivity index (χ0n) is 33.0. The van der Waals surface area contributed by atoms with E-state index < -0.39 is 46.4 Å². The summed E-state index contributed by atoms with van der Waals surface area (Å²) in [5.74, 6) is -4.96. The molecule has 1 aromatic carbocycles. The van der Waals surface area contributed by atoms with E-state index in [0.717, 1.165) is 75.1 Å². The van der Waals surface area contributed by atoms with Crippen molar-refractivity contribution in [3.05, 3.63) is 58.9 Å². The Morgan fingerprint density at radius 2 is 1.49 bits per heavy atom. The van der Waals surface area contributed by atoms with Gasteiger partial charge < -0.3 is 25.3 Å². The smallest absolute Gasteiger partial charge is 0.336 e. The minimum atomic E-state index is -3.18. The number of hydrogen-bond donors (Lipinski definition) is 4. The first-order valence-electron chi connectivity index (χ1n) is 19.5. The van der Waals surface area contributed by atoms with Gasteiger partial charge in [0, 0.05) is 63.4 Å². The highest BCUT2D eigenvalue weighted by molar-refractivity contribution is 7.90. The van der Waals surface area contributed by atoms with E-state index in [1.807, 2.05) is 24.8 Å². The molecule has 57 heavy (non-hydrogen) atoms. The average molecular weight is 819 g/mol. The molecule has 4 aliphatic rings. The number of likely N-dealkylation sites (tertiary alicyclic amines) is 1. The molecule has 0 unspecified atom stereocenters. The lowest BCUT2D eigenvalue weighted by Crippen LogP contribution is -2.63. The lowest BCUT2D eigenvalue weighted by molar-refractivity contribution is -0.170. The summed E-state index contributed by atoms with van der Waals surface area (Å²) in [4.78, 5) is 59.5. The molecule has 1 aromatic heterocycles. The van der Waals surface area contributed by atoms with Gasteiger partial charge in [-0.2, -0.15) is 0 Å². The number of carbonyl (C=O) groups is 4. The Balaban J connectivity index is 0.000000411. The Morgan fingerprint density at radius 3 is 1.98 bits per heavy atom. The third-order valence-electron chi connectivity index (χ3n) is 12.1. The molecule has 1 saturated carbocycles. The van der Waals surface area contributed by atoms with E-state index in [1.165, 1.54) is 12.4 Å². The van der Waals surface area contributed by atoms with Crippen LogP contribution in [0.3, 0.4) is 0 Å². The second-order valence-electron chi connectivity index (χ2n) is 16.2. The minimum absolute atomic E-state index is 0.00866. The molecule has 6 rings (SSSR count). The van der Waals surface area contributed by atoms with Gasteiger partial charge in [0.15, 0.2) is 5.60 Å². The quantitative estimate of drug-likeness (QED) is 0.242. The minimum Gasteiger partial charge on any atom is -0.481 e. The number of piperazine rings is 1. The van der Waals surface area contributed by atoms with Crippen LogP contribution in [0.15, 0.2) is 30.6 Å². The van der Waals surface area contributed by atoms with Crippen molar-refractivity contribution in [2.24, 2.45) is 5.92 Å². The summed E-state index contributed by atoms with van der Waals surface area (Å²) in [5.41, 5.74) is 0.316. The van der Waals surface area contributed by atoms with Gasteiger partial charge in [-0.3, -0.25) is 24.2 Å². The number of aromatic nitrogens is 2. The molecule has 0 bridgehead atoms. The number of carboxylic acids is 3. The van der Waals surface area contributed by atoms with E-state index in [2.05, 4.69) is 33.6 Å². The van der Waals surface area contributed by atoms with Crippen molar-refractivity contribution >= 4 is 33.8 Å². The van der Waals surface area contributed by atoms with Gasteiger partial charge in [0.05, 0.1) is 35.0 Å². The Labute approximate surface area is 332 Å². The maximum absolute atomic E-state index is 14.5. The van der Waals surface area contributed by atoms with Crippen LogP contribution in [0, 0.1) is 25.6 Å². The Kier molecular flexibility index (Phi) is 13.7. The number of carbonyl (C=O) groups excluding carboxylic acids is 1. The van der Waals surface area contributed by atoms with Crippen molar-refractivity contribution in [2.75, 3.05) is 45.8 Å². The van der Waals surface area contributed by atoms with Crippen LogP contribution in [0.2, 0.25) is 0 Å². The maximum Gasteiger partial charge on any atom is 0.336 e. The van der Waals surface area contributed by atoms with Gasteiger partial charge in [0.25, 0.3) is 5.91 Å². The second kappa shape index (κ2) is 17.8. The number of aryl methyl sites for hydroxylation is 2. The molecule has 4 N–H and O–H groups in total. The van der Waals surface area contributed by atoms with E-state index >= 15 is 0 Å². The van der Waals surface area contributed by atoms with E-state index in [4.69, 9.17) is 20.4 Å². The van der Waals surface area contributed by atoms with Crippen LogP contribution in [0.5, 0.6) is 0 Å². The van der Waals surface area contributed by atoms with Crippen molar-refractivity contribution in [2.45, 2.75) is 108 Å². The fourth-order valence-electron chi connectivity index (χ4n) is 8.61. The van der Waals surface area contributed by atoms with Crippen LogP contribution in [-0.4, -0.2) is 150 Å². The van der Waals surface area contributed by atoms with Crippen LogP contribution in [-0.2, 0) is 24.4 Å². The number of sulfonamides is 1. The summed E-state index contributed by atoms with van der Waals surface area (Å²) in [5, 5.41) is 33.6. The van der Waals surface area contributed by atoms with E-state index in [1.54, 1.807) is 16.4 Å². The molecule has 1 aliphatic carbocycles. The lowest BCUT2D eigenvalue weighted by Gasteiger charge is -2.54. The molecule has 3 aliphatic heterocycles. The Morgan fingerprint density at radius 1 is 0.912 bits per heavy atom. The Bertz CT molecular complexity index is 1880. The van der Waals surface area contributed by atoms with Crippen LogP contribution in [0.4, 0.5) is 4.39 Å². The standard InChI is InChI=1S/C33H47FN6O3S.C6H8O7/c1-23-21-38(33(4)12-16-37(17-13-33)32(41)30-24(2)35-22-36-25(30)3)18-19-40(23)31(27-6-5-7-28(34)20-27)26-10-14-39(15-11-26)44(42,43)29-8-9-29;7-3(8)1-6(13,5(11)12)2-4(9)10/h5-7,20,22-23,26,29,31H,8-19,21H2,1-4H3;13H,1-2H2,(H,7,8)(H,9,10)(H,11,12)/t23-,31+;/m1./s1. The highest BCUT2D eigenvalue weighted by atomic mass is 32.2. The van der Waals surface area contributed by atoms with Gasteiger partial charge in [-0.1, -0.05) is 12.1 Å². The predicted molar refractivity (Wildman–Crippen MR) is 205 cm³/mol. The van der Waals surface area contributed by atoms with Crippen LogP contribution >= 0.6 is 0 Å². The van der Waals surface area contributed by atoms with Gasteiger partial charge in [-0.05, 0) is 89.8 Å². The van der Waals surface area contributed by atoms with Gasteiger partial charge in [-0.25, -0.2) is 31.9 Å². The molecule has 18 heteroatoms. The molecule has 0 spiro atoms. The summed E-state index contributed by atoms with van der Waals surface area (Å²) < 4.78 is 42.0. The molecule has 2 atom stereocenters. The number of halogens is 1. The molecule has 4 fully saturated rings. The fraction of sp³-hybridized carbons (Fsp3) is 0.641. The Hall–Kier alpha value is -4.10. The largest absolute Gasteiger partial charge is 0.481 e. The number of rotatable bonds is 12. The van der Waals surface area contributed by atoms with Crippen molar-refractivity contribution in [3.63, 3.8) is 0 Å². The summed E-state index contributed by atoms with van der Waals surface area (Å²) in [6, 6.07) is 7.29. The van der Waals surface area contributed by atoms with E-state index in [9.17, 15) is 32.0 Å². The van der Waals surface area contributed by atoms with Gasteiger partial charge in [0.2, 0.25) is 10.0 Å². The molecule has 0 radical (unpaired) electrons. The summed E-state index contributed by atoms with van der Waals surface area (Å²) in [6.45, 7) is 13.5. The van der Waals surface area contributed by atoms with Crippen molar-refractivity contribution < 1.29 is 52.4 Å². The van der Waals surface area contributed by atoms with Crippen LogP contribution < -0.4 is 0 Å². The molecular formula is C39H55FN6O10S. The van der Waals surface area contributed by atoms with Gasteiger partial charge >= 0.3 is 17.9 Å². The zero-order chi connectivity index (χ0) is 41.9. The normalized spacial score (nSPS) is 21.9. The number of benzene rings is 1. The number of nitrogens with zero attached hydrogens (tertiary/aromatic N) is 6. The molecule has 4 heterocycles. The van der Waals surface area contributed by atoms with Crippen molar-refractivity contribution in [1.29, 1.82) is 0 Å². The number of hydrogen-bond acceptors (Lipinski definition) is 11. The summed E-state index contributed by atoms with van der Waals surface area (Å²) in [7, 11) is -3.18. The first kappa shape index (κ1) is 44.0.